The standard InChI is InChI=1S/C18H16FNO.C2H6/c1-2-7-15-12-13-8-6-11-16(19)17(13)18(21)20(15)14-9-4-3-5-10-14;1-2/h3-6,8-12H,2,7H2,1H3;1-2H3. The number of aryl methyl sites for hydroxylation is 1. The van der Waals surface area contributed by atoms with Gasteiger partial charge in [0.1, 0.15) is 5.82 Å². The molecule has 0 saturated heterocycles. The highest BCUT2D eigenvalue weighted by Gasteiger charge is 2.13. The number of para-hydroxylation sites is 1. The van der Waals surface area contributed by atoms with E-state index in [9.17, 15) is 9.18 Å². The Balaban J connectivity index is 0.000000924. The minimum absolute atomic E-state index is 0.154. The Morgan fingerprint density at radius 3 is 2.35 bits per heavy atom. The van der Waals surface area contributed by atoms with Crippen LogP contribution in [0.3, 0.4) is 0 Å². The minimum atomic E-state index is -0.467. The molecule has 0 spiro atoms. The third-order valence-electron chi connectivity index (χ3n) is 3.59. The molecule has 0 fully saturated rings. The summed E-state index contributed by atoms with van der Waals surface area (Å²) in [6, 6.07) is 16.1. The van der Waals surface area contributed by atoms with Gasteiger partial charge in [0.2, 0.25) is 0 Å². The van der Waals surface area contributed by atoms with E-state index in [0.717, 1.165) is 24.2 Å². The van der Waals surface area contributed by atoms with Crippen LogP contribution in [-0.2, 0) is 6.42 Å². The summed E-state index contributed by atoms with van der Waals surface area (Å²) in [5.41, 5.74) is 1.39. The van der Waals surface area contributed by atoms with E-state index in [-0.39, 0.29) is 10.9 Å². The Morgan fingerprint density at radius 1 is 1.00 bits per heavy atom. The number of aromatic nitrogens is 1. The highest BCUT2D eigenvalue weighted by Crippen LogP contribution is 2.19. The van der Waals surface area contributed by atoms with E-state index in [1.807, 2.05) is 50.2 Å². The van der Waals surface area contributed by atoms with Crippen LogP contribution in [0.25, 0.3) is 16.5 Å². The van der Waals surface area contributed by atoms with Crippen molar-refractivity contribution in [3.05, 3.63) is 76.5 Å². The van der Waals surface area contributed by atoms with Gasteiger partial charge in [0.15, 0.2) is 0 Å². The van der Waals surface area contributed by atoms with Gasteiger partial charge in [-0.2, -0.15) is 0 Å². The molecule has 0 aliphatic rings. The minimum Gasteiger partial charge on any atom is -0.281 e. The van der Waals surface area contributed by atoms with Crippen molar-refractivity contribution >= 4 is 10.8 Å². The van der Waals surface area contributed by atoms with Crippen LogP contribution in [0.2, 0.25) is 0 Å². The number of hydrogen-bond donors (Lipinski definition) is 0. The molecule has 0 saturated carbocycles. The molecular formula is C20H22FNO. The molecule has 0 radical (unpaired) electrons. The molecule has 1 aromatic heterocycles. The van der Waals surface area contributed by atoms with Crippen molar-refractivity contribution in [2.75, 3.05) is 0 Å². The summed E-state index contributed by atoms with van der Waals surface area (Å²) < 4.78 is 15.7. The topological polar surface area (TPSA) is 22.0 Å². The van der Waals surface area contributed by atoms with Crippen molar-refractivity contribution in [2.24, 2.45) is 0 Å². The molecule has 0 amide bonds. The van der Waals surface area contributed by atoms with Gasteiger partial charge in [-0.05, 0) is 36.1 Å². The van der Waals surface area contributed by atoms with Gasteiger partial charge in [-0.1, -0.05) is 57.5 Å². The number of hydrogen-bond acceptors (Lipinski definition) is 1. The summed E-state index contributed by atoms with van der Waals surface area (Å²) in [5.74, 6) is -0.467. The highest BCUT2D eigenvalue weighted by atomic mass is 19.1. The van der Waals surface area contributed by atoms with Gasteiger partial charge in [0.05, 0.1) is 5.39 Å². The first-order chi connectivity index (χ1) is 11.2. The first-order valence-corrected chi connectivity index (χ1v) is 8.11. The molecule has 3 aromatic rings. The highest BCUT2D eigenvalue weighted by molar-refractivity contribution is 5.83. The molecule has 120 valence electrons. The van der Waals surface area contributed by atoms with E-state index in [0.29, 0.717) is 5.39 Å². The molecular weight excluding hydrogens is 289 g/mol. The van der Waals surface area contributed by atoms with Gasteiger partial charge in [-0.25, -0.2) is 4.39 Å². The van der Waals surface area contributed by atoms with Crippen LogP contribution < -0.4 is 5.56 Å². The molecule has 0 aliphatic carbocycles. The first kappa shape index (κ1) is 16.9. The third-order valence-corrected chi connectivity index (χ3v) is 3.59. The average Bonchev–Trinajstić information content (AvgIpc) is 2.58. The summed E-state index contributed by atoms with van der Waals surface area (Å²) >= 11 is 0. The van der Waals surface area contributed by atoms with E-state index in [2.05, 4.69) is 6.92 Å². The molecule has 1 heterocycles. The molecule has 2 nitrogen and oxygen atoms in total. The summed E-state index contributed by atoms with van der Waals surface area (Å²) in [7, 11) is 0. The van der Waals surface area contributed by atoms with Crippen LogP contribution in [0.15, 0.2) is 59.4 Å². The van der Waals surface area contributed by atoms with Gasteiger partial charge in [0.25, 0.3) is 5.56 Å². The Kier molecular flexibility index (Phi) is 5.69. The Hall–Kier alpha value is -2.42. The third kappa shape index (κ3) is 3.34. The van der Waals surface area contributed by atoms with Crippen molar-refractivity contribution in [2.45, 2.75) is 33.6 Å². The van der Waals surface area contributed by atoms with Gasteiger partial charge in [0, 0.05) is 11.4 Å². The lowest BCUT2D eigenvalue weighted by Crippen LogP contribution is -2.22. The summed E-state index contributed by atoms with van der Waals surface area (Å²) in [5, 5.41) is 0.817. The Labute approximate surface area is 136 Å². The molecule has 0 unspecified atom stereocenters. The molecule has 0 N–H and O–H groups in total. The van der Waals surface area contributed by atoms with Crippen LogP contribution >= 0.6 is 0 Å². The summed E-state index contributed by atoms with van der Waals surface area (Å²) in [6.45, 7) is 6.07. The summed E-state index contributed by atoms with van der Waals surface area (Å²) in [4.78, 5) is 12.8. The van der Waals surface area contributed by atoms with E-state index < -0.39 is 5.82 Å². The molecule has 3 rings (SSSR count). The zero-order valence-corrected chi connectivity index (χ0v) is 13.8. The van der Waals surface area contributed by atoms with E-state index in [4.69, 9.17) is 0 Å². The number of pyridine rings is 1. The van der Waals surface area contributed by atoms with Crippen LogP contribution in [0.4, 0.5) is 4.39 Å². The fourth-order valence-corrected chi connectivity index (χ4v) is 2.67. The maximum atomic E-state index is 14.0. The van der Waals surface area contributed by atoms with E-state index in [1.165, 1.54) is 6.07 Å². The van der Waals surface area contributed by atoms with E-state index in [1.54, 1.807) is 16.7 Å². The normalized spacial score (nSPS) is 10.3. The number of nitrogens with zero attached hydrogens (tertiary/aromatic N) is 1. The molecule has 2 aromatic carbocycles. The number of fused-ring (bicyclic) bond motifs is 1. The van der Waals surface area contributed by atoms with Gasteiger partial charge >= 0.3 is 0 Å². The van der Waals surface area contributed by atoms with Crippen LogP contribution in [-0.4, -0.2) is 4.57 Å². The second-order valence-corrected chi connectivity index (χ2v) is 5.07. The quantitative estimate of drug-likeness (QED) is 0.659. The summed E-state index contributed by atoms with van der Waals surface area (Å²) in [6.07, 6.45) is 1.70. The van der Waals surface area contributed by atoms with Gasteiger partial charge < -0.3 is 0 Å². The smallest absolute Gasteiger partial charge is 0.266 e. The molecule has 23 heavy (non-hydrogen) atoms. The van der Waals surface area contributed by atoms with Crippen LogP contribution in [0, 0.1) is 5.82 Å². The second-order valence-electron chi connectivity index (χ2n) is 5.07. The lowest BCUT2D eigenvalue weighted by molar-refractivity contribution is 0.637. The Bertz CT molecular complexity index is 837. The predicted octanol–water partition coefficient (Wildman–Crippen LogP) is 5.11. The Morgan fingerprint density at radius 2 is 1.70 bits per heavy atom. The zero-order chi connectivity index (χ0) is 16.8. The number of benzene rings is 2. The van der Waals surface area contributed by atoms with Gasteiger partial charge in [-0.15, -0.1) is 0 Å². The lowest BCUT2D eigenvalue weighted by atomic mass is 10.1. The predicted molar refractivity (Wildman–Crippen MR) is 94.8 cm³/mol. The maximum absolute atomic E-state index is 14.0. The van der Waals surface area contributed by atoms with Crippen molar-refractivity contribution in [3.63, 3.8) is 0 Å². The maximum Gasteiger partial charge on any atom is 0.266 e. The SMILES string of the molecule is CC.CCCc1cc2cccc(F)c2c(=O)n1-c1ccccc1. The largest absolute Gasteiger partial charge is 0.281 e. The number of halogens is 1. The van der Waals surface area contributed by atoms with E-state index >= 15 is 0 Å². The molecule has 0 bridgehead atoms. The van der Waals surface area contributed by atoms with Crippen molar-refractivity contribution in [1.82, 2.24) is 4.57 Å². The van der Waals surface area contributed by atoms with Gasteiger partial charge in [-0.3, -0.25) is 9.36 Å². The van der Waals surface area contributed by atoms with Crippen molar-refractivity contribution < 1.29 is 4.39 Å². The van der Waals surface area contributed by atoms with Crippen LogP contribution in [0.1, 0.15) is 32.9 Å². The fourth-order valence-electron chi connectivity index (χ4n) is 2.67. The second kappa shape index (κ2) is 7.73. The molecule has 0 aliphatic heterocycles. The van der Waals surface area contributed by atoms with Crippen LogP contribution in [0.5, 0.6) is 0 Å². The monoisotopic (exact) mass is 311 g/mol. The fraction of sp³-hybridized carbons (Fsp3) is 0.250. The molecule has 3 heteroatoms. The lowest BCUT2D eigenvalue weighted by Gasteiger charge is -2.14. The average molecular weight is 311 g/mol. The number of rotatable bonds is 3. The first-order valence-electron chi connectivity index (χ1n) is 8.11. The molecule has 0 atom stereocenters. The van der Waals surface area contributed by atoms with Crippen molar-refractivity contribution in [3.8, 4) is 5.69 Å². The van der Waals surface area contributed by atoms with Crippen molar-refractivity contribution in [1.29, 1.82) is 0 Å². The zero-order valence-electron chi connectivity index (χ0n) is 13.8.